The zero-order valence-corrected chi connectivity index (χ0v) is 11.8. The van der Waals surface area contributed by atoms with Gasteiger partial charge in [0, 0.05) is 12.0 Å². The van der Waals surface area contributed by atoms with Crippen LogP contribution in [0.2, 0.25) is 0 Å². The van der Waals surface area contributed by atoms with Crippen LogP contribution in [0.4, 0.5) is 0 Å². The summed E-state index contributed by atoms with van der Waals surface area (Å²) in [5.74, 6) is -0.486. The van der Waals surface area contributed by atoms with Crippen molar-refractivity contribution in [3.63, 3.8) is 0 Å². The molecule has 1 aliphatic heterocycles. The molecule has 2 fully saturated rings. The summed E-state index contributed by atoms with van der Waals surface area (Å²) in [4.78, 5) is 23.4. The fraction of sp³-hybridized carbons (Fsp3) is 0.857. The van der Waals surface area contributed by atoms with E-state index in [2.05, 4.69) is 10.6 Å². The van der Waals surface area contributed by atoms with E-state index in [0.29, 0.717) is 18.8 Å². The van der Waals surface area contributed by atoms with Gasteiger partial charge in [-0.2, -0.15) is 0 Å². The highest BCUT2D eigenvalue weighted by Gasteiger charge is 2.51. The Morgan fingerprint density at radius 3 is 2.58 bits per heavy atom. The van der Waals surface area contributed by atoms with Gasteiger partial charge in [-0.1, -0.05) is 13.8 Å². The largest absolute Gasteiger partial charge is 0.481 e. The van der Waals surface area contributed by atoms with Crippen molar-refractivity contribution in [2.45, 2.75) is 39.5 Å². The van der Waals surface area contributed by atoms with Crippen molar-refractivity contribution >= 4 is 11.9 Å². The van der Waals surface area contributed by atoms with E-state index in [9.17, 15) is 9.59 Å². The molecular weight excluding hydrogens is 244 g/mol. The molecule has 5 nitrogen and oxygen atoms in total. The summed E-state index contributed by atoms with van der Waals surface area (Å²) >= 11 is 0. The molecule has 1 atom stereocenters. The minimum absolute atomic E-state index is 0.0197. The van der Waals surface area contributed by atoms with Gasteiger partial charge in [-0.15, -0.1) is 0 Å². The van der Waals surface area contributed by atoms with Crippen LogP contribution in [0.5, 0.6) is 0 Å². The number of rotatable bonds is 5. The SMILES string of the molecule is CC(C)(C(=O)NCC1(C(=O)O)CC1)C1CCCNC1. The Balaban J connectivity index is 1.89. The second-order valence-electron chi connectivity index (χ2n) is 6.53. The van der Waals surface area contributed by atoms with Crippen molar-refractivity contribution in [1.29, 1.82) is 0 Å². The zero-order valence-electron chi connectivity index (χ0n) is 11.8. The highest BCUT2D eigenvalue weighted by molar-refractivity contribution is 5.84. The number of nitrogens with one attached hydrogen (secondary N) is 2. The lowest BCUT2D eigenvalue weighted by atomic mass is 9.74. The predicted molar refractivity (Wildman–Crippen MR) is 71.7 cm³/mol. The Morgan fingerprint density at radius 1 is 1.42 bits per heavy atom. The van der Waals surface area contributed by atoms with E-state index < -0.39 is 16.8 Å². The molecule has 108 valence electrons. The van der Waals surface area contributed by atoms with E-state index in [1.807, 2.05) is 13.8 Å². The van der Waals surface area contributed by atoms with Crippen molar-refractivity contribution < 1.29 is 14.7 Å². The van der Waals surface area contributed by atoms with Crippen LogP contribution in [0.25, 0.3) is 0 Å². The van der Waals surface area contributed by atoms with Gasteiger partial charge in [0.2, 0.25) is 5.91 Å². The fourth-order valence-electron chi connectivity index (χ4n) is 2.75. The van der Waals surface area contributed by atoms with E-state index in [-0.39, 0.29) is 12.5 Å². The molecule has 2 aliphatic rings. The maximum atomic E-state index is 12.3. The molecule has 1 heterocycles. The van der Waals surface area contributed by atoms with Crippen LogP contribution < -0.4 is 10.6 Å². The highest BCUT2D eigenvalue weighted by atomic mass is 16.4. The second-order valence-corrected chi connectivity index (χ2v) is 6.53. The van der Waals surface area contributed by atoms with E-state index in [1.54, 1.807) is 0 Å². The van der Waals surface area contributed by atoms with Gasteiger partial charge in [0.1, 0.15) is 0 Å². The lowest BCUT2D eigenvalue weighted by Crippen LogP contribution is -2.48. The number of carboxylic acids is 1. The molecule has 0 aromatic carbocycles. The quantitative estimate of drug-likeness (QED) is 0.695. The molecular formula is C14H24N2O3. The van der Waals surface area contributed by atoms with Crippen LogP contribution in [-0.4, -0.2) is 36.6 Å². The molecule has 1 unspecified atom stereocenters. The molecule has 5 heteroatoms. The minimum Gasteiger partial charge on any atom is -0.481 e. The van der Waals surface area contributed by atoms with Gasteiger partial charge in [-0.05, 0) is 44.7 Å². The summed E-state index contributed by atoms with van der Waals surface area (Å²) < 4.78 is 0. The average Bonchev–Trinajstić information content (AvgIpc) is 3.18. The third-order valence-corrected chi connectivity index (χ3v) is 4.80. The molecule has 0 spiro atoms. The van der Waals surface area contributed by atoms with Gasteiger partial charge < -0.3 is 15.7 Å². The summed E-state index contributed by atoms with van der Waals surface area (Å²) in [6.45, 7) is 6.08. The highest BCUT2D eigenvalue weighted by Crippen LogP contribution is 2.45. The fourth-order valence-corrected chi connectivity index (χ4v) is 2.75. The summed E-state index contributed by atoms with van der Waals surface area (Å²) in [5.41, 5.74) is -1.13. The number of hydrogen-bond acceptors (Lipinski definition) is 3. The van der Waals surface area contributed by atoms with E-state index in [0.717, 1.165) is 25.9 Å². The first-order valence-corrected chi connectivity index (χ1v) is 7.11. The minimum atomic E-state index is -0.787. The first kappa shape index (κ1) is 14.3. The molecule has 1 aliphatic carbocycles. The molecule has 1 amide bonds. The smallest absolute Gasteiger partial charge is 0.311 e. The van der Waals surface area contributed by atoms with Crippen molar-refractivity contribution in [2.75, 3.05) is 19.6 Å². The summed E-state index contributed by atoms with van der Waals surface area (Å²) in [7, 11) is 0. The zero-order chi connectivity index (χ0) is 14.1. The van der Waals surface area contributed by atoms with Gasteiger partial charge in [0.15, 0.2) is 0 Å². The van der Waals surface area contributed by atoms with E-state index in [4.69, 9.17) is 5.11 Å². The Labute approximate surface area is 114 Å². The molecule has 0 bridgehead atoms. The number of carboxylic acid groups (broad SMARTS) is 1. The second kappa shape index (κ2) is 5.12. The Hall–Kier alpha value is -1.10. The lowest BCUT2D eigenvalue weighted by molar-refractivity contribution is -0.143. The lowest BCUT2D eigenvalue weighted by Gasteiger charge is -2.36. The Kier molecular flexibility index (Phi) is 3.85. The summed E-state index contributed by atoms with van der Waals surface area (Å²) in [6.07, 6.45) is 3.50. The standard InChI is InChI=1S/C14H24N2O3/c1-13(2,10-4-3-7-15-8-10)11(17)16-9-14(5-6-14)12(18)19/h10,15H,3-9H2,1-2H3,(H,16,17)(H,18,19). The maximum absolute atomic E-state index is 12.3. The monoisotopic (exact) mass is 268 g/mol. The molecule has 0 aromatic heterocycles. The first-order valence-electron chi connectivity index (χ1n) is 7.11. The first-order chi connectivity index (χ1) is 8.88. The van der Waals surface area contributed by atoms with Crippen LogP contribution in [0, 0.1) is 16.7 Å². The van der Waals surface area contributed by atoms with Crippen LogP contribution in [0.3, 0.4) is 0 Å². The van der Waals surface area contributed by atoms with Crippen LogP contribution in [0.1, 0.15) is 39.5 Å². The van der Waals surface area contributed by atoms with Gasteiger partial charge >= 0.3 is 5.97 Å². The molecule has 3 N–H and O–H groups in total. The predicted octanol–water partition coefficient (Wildman–Crippen LogP) is 0.993. The van der Waals surface area contributed by atoms with Crippen molar-refractivity contribution in [3.8, 4) is 0 Å². The van der Waals surface area contributed by atoms with Gasteiger partial charge in [0.05, 0.1) is 5.41 Å². The number of piperidine rings is 1. The van der Waals surface area contributed by atoms with E-state index >= 15 is 0 Å². The topological polar surface area (TPSA) is 78.4 Å². The third-order valence-electron chi connectivity index (χ3n) is 4.80. The van der Waals surface area contributed by atoms with Crippen LogP contribution >= 0.6 is 0 Å². The van der Waals surface area contributed by atoms with Gasteiger partial charge in [-0.25, -0.2) is 0 Å². The molecule has 19 heavy (non-hydrogen) atoms. The summed E-state index contributed by atoms with van der Waals surface area (Å²) in [5, 5.41) is 15.3. The number of hydrogen-bond donors (Lipinski definition) is 3. The van der Waals surface area contributed by atoms with Crippen LogP contribution in [0.15, 0.2) is 0 Å². The van der Waals surface area contributed by atoms with Gasteiger partial charge in [-0.3, -0.25) is 9.59 Å². The third kappa shape index (κ3) is 2.91. The van der Waals surface area contributed by atoms with E-state index in [1.165, 1.54) is 0 Å². The number of carbonyl (C=O) groups excluding carboxylic acids is 1. The number of amides is 1. The molecule has 0 radical (unpaired) electrons. The Bertz CT molecular complexity index is 369. The summed E-state index contributed by atoms with van der Waals surface area (Å²) in [6, 6.07) is 0. The molecule has 0 aromatic rings. The van der Waals surface area contributed by atoms with Gasteiger partial charge in [0.25, 0.3) is 0 Å². The van der Waals surface area contributed by atoms with Crippen molar-refractivity contribution in [3.05, 3.63) is 0 Å². The Morgan fingerprint density at radius 2 is 2.11 bits per heavy atom. The van der Waals surface area contributed by atoms with Crippen molar-refractivity contribution in [2.24, 2.45) is 16.7 Å². The maximum Gasteiger partial charge on any atom is 0.311 e. The van der Waals surface area contributed by atoms with Crippen LogP contribution in [-0.2, 0) is 9.59 Å². The molecule has 2 rings (SSSR count). The van der Waals surface area contributed by atoms with Crippen molar-refractivity contribution in [1.82, 2.24) is 10.6 Å². The molecule has 1 saturated carbocycles. The number of carbonyl (C=O) groups is 2. The number of aliphatic carboxylic acids is 1. The molecule has 1 saturated heterocycles. The normalized spacial score (nSPS) is 25.7. The average molecular weight is 268 g/mol.